The van der Waals surface area contributed by atoms with E-state index in [2.05, 4.69) is 15.9 Å². The highest BCUT2D eigenvalue weighted by atomic mass is 79.9. The van der Waals surface area contributed by atoms with E-state index in [9.17, 15) is 4.79 Å². The number of unbranched alkanes of at least 4 members (excludes halogenated alkanes) is 4. The molecule has 2 aliphatic carbocycles. The fraction of sp³-hybridized carbons (Fsp3) is 0.594. The number of carbonyl (C=O) groups excluding carboxylic acids is 4. The fourth-order valence-corrected chi connectivity index (χ4v) is 13.0. The molecule has 0 aromatic heterocycles. The summed E-state index contributed by atoms with van der Waals surface area (Å²) >= 11 is 3.58. The van der Waals surface area contributed by atoms with Crippen LogP contribution in [0.2, 0.25) is 0 Å². The van der Waals surface area contributed by atoms with E-state index in [0.29, 0.717) is 19.3 Å². The first-order valence-electron chi connectivity index (χ1n) is 31.5. The van der Waals surface area contributed by atoms with Crippen molar-refractivity contribution < 1.29 is 61.8 Å². The van der Waals surface area contributed by atoms with Crippen LogP contribution in [0.15, 0.2) is 121 Å². The van der Waals surface area contributed by atoms with Crippen LogP contribution >= 0.6 is 15.9 Å². The van der Waals surface area contributed by atoms with E-state index in [4.69, 9.17) is 42.6 Å². The highest BCUT2D eigenvalue weighted by molar-refractivity contribution is 9.09. The van der Waals surface area contributed by atoms with Gasteiger partial charge in [-0.3, -0.25) is 14.7 Å². The molecule has 4 aromatic carbocycles. The molecule has 0 bridgehead atoms. The number of amides is 4. The molecule has 2 saturated carbocycles. The van der Waals surface area contributed by atoms with Crippen LogP contribution in [0.5, 0.6) is 0 Å². The van der Waals surface area contributed by atoms with E-state index in [1.165, 1.54) is 0 Å². The molecule has 0 unspecified atom stereocenters. The van der Waals surface area contributed by atoms with Crippen LogP contribution in [0.3, 0.4) is 0 Å². The van der Waals surface area contributed by atoms with Gasteiger partial charge in [-0.25, -0.2) is 19.2 Å². The molecular formula is C69H93BrN4O13. The maximum Gasteiger partial charge on any atom is 0.411 e. The van der Waals surface area contributed by atoms with Crippen LogP contribution in [-0.2, 0) is 68.8 Å². The molecule has 0 N–H and O–H groups in total. The van der Waals surface area contributed by atoms with Crippen molar-refractivity contribution in [2.45, 2.75) is 243 Å². The first-order chi connectivity index (χ1) is 41.6. The van der Waals surface area contributed by atoms with E-state index < -0.39 is 108 Å². The van der Waals surface area contributed by atoms with Crippen molar-refractivity contribution in [3.8, 4) is 0 Å². The van der Waals surface area contributed by atoms with Crippen LogP contribution in [0.4, 0.5) is 19.2 Å². The second-order valence-corrected chi connectivity index (χ2v) is 27.7. The molecule has 10 atom stereocenters. The van der Waals surface area contributed by atoms with Gasteiger partial charge in [0.05, 0.1) is 18.6 Å². The van der Waals surface area contributed by atoms with E-state index >= 15 is 14.4 Å². The van der Waals surface area contributed by atoms with Crippen molar-refractivity contribution in [3.05, 3.63) is 144 Å². The average Bonchev–Trinajstić information content (AvgIpc) is 1.73. The number of halogens is 1. The molecule has 4 aromatic rings. The molecular weight excluding hydrogens is 1170 g/mol. The first-order valence-corrected chi connectivity index (χ1v) is 32.6. The molecule has 3 heterocycles. The molecule has 5 aliphatic rings. The molecule has 1 spiro atoms. The minimum atomic E-state index is -1.37. The van der Waals surface area contributed by atoms with Crippen LogP contribution in [-0.4, -0.2) is 146 Å². The molecule has 17 nitrogen and oxygen atoms in total. The Morgan fingerprint density at radius 3 is 1.54 bits per heavy atom. The van der Waals surface area contributed by atoms with Gasteiger partial charge in [0.25, 0.3) is 0 Å². The first kappa shape index (κ1) is 65.7. The van der Waals surface area contributed by atoms with Crippen molar-refractivity contribution >= 4 is 40.3 Å². The molecule has 18 heteroatoms. The number of carbonyl (C=O) groups is 4. The lowest BCUT2D eigenvalue weighted by Gasteiger charge is -2.54. The van der Waals surface area contributed by atoms with Gasteiger partial charge in [0.1, 0.15) is 53.4 Å². The lowest BCUT2D eigenvalue weighted by molar-refractivity contribution is -0.320. The van der Waals surface area contributed by atoms with Gasteiger partial charge in [-0.2, -0.15) is 0 Å². The summed E-state index contributed by atoms with van der Waals surface area (Å²) in [6, 6.07) is 35.9. The quantitative estimate of drug-likeness (QED) is 0.0440. The topological polar surface area (TPSA) is 164 Å². The summed E-state index contributed by atoms with van der Waals surface area (Å²) in [5, 5.41) is 0.923. The number of fused-ring (bicyclic) bond motifs is 2. The predicted octanol–water partition coefficient (Wildman–Crippen LogP) is 14.1. The minimum Gasteiger partial charge on any atom is -0.444 e. The molecule has 87 heavy (non-hydrogen) atoms. The van der Waals surface area contributed by atoms with E-state index in [1.54, 1.807) is 19.6 Å². The third-order valence-electron chi connectivity index (χ3n) is 16.4. The monoisotopic (exact) mass is 1260 g/mol. The van der Waals surface area contributed by atoms with Crippen LogP contribution in [0.1, 0.15) is 155 Å². The SMILES string of the molecule is CC(C)(C)OC(=O)N(Cc1ccccc1)[C@H]1[C@@H](O[C@H]2[C@@H]3OC4(CCCCC4)O[C@H]3[C@H](N(Cc3ccccc3)C(=O)OC(C)(C)C)C[C@@H]2N(Cc2ccccc2)C(=O)OC(C)(C)C)O[C@@H]2CN(Cc3ccccc3)C(=O)O[C@H]2[C@@H]1OCCCCCCCBr. The van der Waals surface area contributed by atoms with Crippen LogP contribution in [0, 0.1) is 0 Å². The summed E-state index contributed by atoms with van der Waals surface area (Å²) < 4.78 is 63.2. The van der Waals surface area contributed by atoms with Gasteiger partial charge >= 0.3 is 24.4 Å². The van der Waals surface area contributed by atoms with E-state index in [1.807, 2.05) is 184 Å². The van der Waals surface area contributed by atoms with Crippen molar-refractivity contribution in [3.63, 3.8) is 0 Å². The lowest BCUT2D eigenvalue weighted by atomic mass is 9.81. The molecule has 0 radical (unpaired) electrons. The summed E-state index contributed by atoms with van der Waals surface area (Å²) in [7, 11) is 0. The van der Waals surface area contributed by atoms with Gasteiger partial charge < -0.3 is 47.5 Å². The number of alkyl halides is 1. The average molecular weight is 1270 g/mol. The largest absolute Gasteiger partial charge is 0.444 e. The summed E-state index contributed by atoms with van der Waals surface area (Å²) in [4.78, 5) is 67.4. The zero-order chi connectivity index (χ0) is 61.9. The van der Waals surface area contributed by atoms with Crippen LogP contribution < -0.4 is 0 Å². The number of ether oxygens (including phenoxy) is 9. The summed E-state index contributed by atoms with van der Waals surface area (Å²) in [5.74, 6) is -1.08. The lowest BCUT2D eigenvalue weighted by Crippen LogP contribution is -2.72. The molecule has 3 saturated heterocycles. The maximum atomic E-state index is 15.6. The summed E-state index contributed by atoms with van der Waals surface area (Å²) in [6.45, 7) is 17.3. The van der Waals surface area contributed by atoms with E-state index in [-0.39, 0.29) is 45.8 Å². The van der Waals surface area contributed by atoms with Gasteiger partial charge in [0, 0.05) is 51.0 Å². The molecule has 9 rings (SSSR count). The zero-order valence-electron chi connectivity index (χ0n) is 52.5. The fourth-order valence-electron chi connectivity index (χ4n) is 12.6. The van der Waals surface area contributed by atoms with E-state index in [0.717, 1.165) is 72.5 Å². The third-order valence-corrected chi connectivity index (χ3v) is 17.0. The van der Waals surface area contributed by atoms with Gasteiger partial charge in [0.2, 0.25) is 0 Å². The number of hydrogen-bond acceptors (Lipinski definition) is 13. The van der Waals surface area contributed by atoms with Crippen molar-refractivity contribution in [1.82, 2.24) is 19.6 Å². The van der Waals surface area contributed by atoms with Crippen molar-refractivity contribution in [2.24, 2.45) is 0 Å². The Kier molecular flexibility index (Phi) is 22.1. The van der Waals surface area contributed by atoms with Gasteiger partial charge in [-0.15, -0.1) is 0 Å². The van der Waals surface area contributed by atoms with Gasteiger partial charge in [0.15, 0.2) is 18.2 Å². The Balaban J connectivity index is 1.24. The molecule has 474 valence electrons. The summed E-state index contributed by atoms with van der Waals surface area (Å²) in [5.41, 5.74) is 0.602. The molecule has 5 fully saturated rings. The predicted molar refractivity (Wildman–Crippen MR) is 333 cm³/mol. The number of hydrogen-bond donors (Lipinski definition) is 0. The Labute approximate surface area is 524 Å². The van der Waals surface area contributed by atoms with Crippen molar-refractivity contribution in [1.29, 1.82) is 0 Å². The van der Waals surface area contributed by atoms with Crippen molar-refractivity contribution in [2.75, 3.05) is 18.5 Å². The highest BCUT2D eigenvalue weighted by Gasteiger charge is 2.64. The number of benzene rings is 4. The third kappa shape index (κ3) is 17.8. The minimum absolute atomic E-state index is 0.0226. The standard InChI is InChI=1S/C69H93BrN4O13/c1-66(2,3)85-63(76)72(44-49-32-20-14-21-33-49)52-42-53(73(64(77)86-67(4,5)6)45-50-34-22-15-23-35-50)57-60(84-69(83-57)38-26-17-27-39-69)56(52)81-61-55(74(65(78)87-68(7,8)9)46-51-36-24-16-25-37-51)59(79-41-29-12-10-11-28-40-70)58-54(80-61)47-71(62(75)82-58)43-48-30-18-13-19-31-48/h13-16,18-25,30-37,52-61H,10-12,17,26-29,38-47H2,1-9H3/t52-,53+,54+,55+,56+,57-,58+,59+,60-,61+/m0/s1. The smallest absolute Gasteiger partial charge is 0.411 e. The molecule has 4 amide bonds. The Morgan fingerprint density at radius 2 is 1.02 bits per heavy atom. The maximum absolute atomic E-state index is 15.6. The summed E-state index contributed by atoms with van der Waals surface area (Å²) in [6.07, 6.45) is -0.987. The number of nitrogens with zero attached hydrogens (tertiary/aromatic N) is 4. The number of rotatable bonds is 21. The second-order valence-electron chi connectivity index (χ2n) is 26.9. The Hall–Kier alpha value is -5.76. The molecule has 3 aliphatic heterocycles. The van der Waals surface area contributed by atoms with Gasteiger partial charge in [-0.1, -0.05) is 163 Å². The highest BCUT2D eigenvalue weighted by Crippen LogP contribution is 2.49. The Bertz CT molecular complexity index is 2830. The van der Waals surface area contributed by atoms with Gasteiger partial charge in [-0.05, 0) is 117 Å². The zero-order valence-corrected chi connectivity index (χ0v) is 54.1. The normalized spacial score (nSPS) is 25.4. The van der Waals surface area contributed by atoms with Crippen LogP contribution in [0.25, 0.3) is 0 Å². The second kappa shape index (κ2) is 29.3. The Morgan fingerprint density at radius 1 is 0.563 bits per heavy atom.